The van der Waals surface area contributed by atoms with Gasteiger partial charge in [0.2, 0.25) is 0 Å². The van der Waals surface area contributed by atoms with E-state index in [0.717, 1.165) is 29.7 Å². The van der Waals surface area contributed by atoms with Gasteiger partial charge in [-0.1, -0.05) is 0 Å². The van der Waals surface area contributed by atoms with E-state index in [1.54, 1.807) is 24.5 Å². The highest BCUT2D eigenvalue weighted by molar-refractivity contribution is 5.94. The van der Waals surface area contributed by atoms with E-state index in [1.165, 1.54) is 0 Å². The number of hydrogen-bond donors (Lipinski definition) is 4. The number of alkyl halides is 1. The van der Waals surface area contributed by atoms with E-state index < -0.39 is 6.17 Å². The molecular formula is C19H28FN5O2. The topological polar surface area (TPSA) is 119 Å². The van der Waals surface area contributed by atoms with Crippen molar-refractivity contribution in [1.82, 2.24) is 15.3 Å². The number of amides is 1. The molecule has 0 spiro atoms. The van der Waals surface area contributed by atoms with Gasteiger partial charge in [-0.25, -0.2) is 9.37 Å². The molecule has 2 aromatic heterocycles. The summed E-state index contributed by atoms with van der Waals surface area (Å²) in [5, 5.41) is 2.80. The van der Waals surface area contributed by atoms with Crippen molar-refractivity contribution in [2.24, 2.45) is 5.73 Å². The second kappa shape index (κ2) is 10.0. The smallest absolute Gasteiger partial charge is 0.267 e. The number of anilines is 1. The van der Waals surface area contributed by atoms with Crippen molar-refractivity contribution in [3.05, 3.63) is 35.8 Å². The van der Waals surface area contributed by atoms with Gasteiger partial charge in [-0.3, -0.25) is 4.79 Å². The van der Waals surface area contributed by atoms with Crippen molar-refractivity contribution in [3.63, 3.8) is 0 Å². The SMILES string of the molecule is Cc1cnc(N)cc1-c1c[nH]c(C(=O)NC(C)CN)c1.FC1CCCOC1. The van der Waals surface area contributed by atoms with E-state index in [1.807, 2.05) is 13.8 Å². The van der Waals surface area contributed by atoms with E-state index in [-0.39, 0.29) is 11.9 Å². The summed E-state index contributed by atoms with van der Waals surface area (Å²) >= 11 is 0. The van der Waals surface area contributed by atoms with E-state index in [9.17, 15) is 9.18 Å². The van der Waals surface area contributed by atoms with Crippen molar-refractivity contribution in [1.29, 1.82) is 0 Å². The zero-order valence-electron chi connectivity index (χ0n) is 15.8. The Morgan fingerprint density at radius 1 is 1.52 bits per heavy atom. The van der Waals surface area contributed by atoms with Crippen molar-refractivity contribution < 1.29 is 13.9 Å². The number of nitrogens with zero attached hydrogens (tertiary/aromatic N) is 1. The molecule has 2 aromatic rings. The molecule has 1 saturated heterocycles. The first-order valence-corrected chi connectivity index (χ1v) is 9.04. The summed E-state index contributed by atoms with van der Waals surface area (Å²) in [7, 11) is 0. The minimum absolute atomic E-state index is 0.0624. The van der Waals surface area contributed by atoms with Crippen molar-refractivity contribution in [3.8, 4) is 11.1 Å². The van der Waals surface area contributed by atoms with Gasteiger partial charge in [0.15, 0.2) is 0 Å². The number of aromatic nitrogens is 2. The van der Waals surface area contributed by atoms with Crippen LogP contribution < -0.4 is 16.8 Å². The number of rotatable bonds is 4. The zero-order valence-corrected chi connectivity index (χ0v) is 15.8. The van der Waals surface area contributed by atoms with Crippen LogP contribution in [0, 0.1) is 6.92 Å². The number of ether oxygens (including phenoxy) is 1. The number of aryl methyl sites for hydroxylation is 1. The zero-order chi connectivity index (χ0) is 19.8. The molecule has 1 aliphatic rings. The van der Waals surface area contributed by atoms with E-state index in [2.05, 4.69) is 15.3 Å². The number of pyridine rings is 1. The third-order valence-electron chi connectivity index (χ3n) is 4.20. The molecule has 27 heavy (non-hydrogen) atoms. The quantitative estimate of drug-likeness (QED) is 0.651. The maximum atomic E-state index is 12.1. The molecule has 2 unspecified atom stereocenters. The number of nitrogen functional groups attached to an aromatic ring is 1. The van der Waals surface area contributed by atoms with Crippen molar-refractivity contribution in [2.45, 2.75) is 38.9 Å². The van der Waals surface area contributed by atoms with Gasteiger partial charge in [0, 0.05) is 37.2 Å². The molecule has 2 atom stereocenters. The van der Waals surface area contributed by atoms with E-state index >= 15 is 0 Å². The number of nitrogens with one attached hydrogen (secondary N) is 2. The third-order valence-corrected chi connectivity index (χ3v) is 4.20. The second-order valence-electron chi connectivity index (χ2n) is 6.65. The van der Waals surface area contributed by atoms with Gasteiger partial charge in [0.05, 0.1) is 6.61 Å². The Morgan fingerprint density at radius 3 is 2.89 bits per heavy atom. The van der Waals surface area contributed by atoms with Crippen LogP contribution in [0.15, 0.2) is 24.5 Å². The van der Waals surface area contributed by atoms with E-state index in [4.69, 9.17) is 16.2 Å². The average molecular weight is 377 g/mol. The van der Waals surface area contributed by atoms with Gasteiger partial charge in [-0.05, 0) is 49.9 Å². The molecule has 0 aromatic carbocycles. The highest BCUT2D eigenvalue weighted by atomic mass is 19.1. The van der Waals surface area contributed by atoms with Crippen LogP contribution in [-0.4, -0.2) is 47.8 Å². The van der Waals surface area contributed by atoms with Gasteiger partial charge in [-0.2, -0.15) is 0 Å². The van der Waals surface area contributed by atoms with Crippen LogP contribution in [0.1, 0.15) is 35.8 Å². The highest BCUT2D eigenvalue weighted by Crippen LogP contribution is 2.25. The van der Waals surface area contributed by atoms with Crippen LogP contribution in [0.5, 0.6) is 0 Å². The molecule has 0 saturated carbocycles. The van der Waals surface area contributed by atoms with Crippen LogP contribution >= 0.6 is 0 Å². The molecule has 0 bridgehead atoms. The fourth-order valence-electron chi connectivity index (χ4n) is 2.59. The molecule has 7 nitrogen and oxygen atoms in total. The summed E-state index contributed by atoms with van der Waals surface area (Å²) in [5.41, 5.74) is 14.5. The first-order valence-electron chi connectivity index (χ1n) is 9.04. The number of hydrogen-bond acceptors (Lipinski definition) is 5. The largest absolute Gasteiger partial charge is 0.384 e. The molecule has 0 aliphatic carbocycles. The normalized spacial score (nSPS) is 17.6. The molecule has 1 amide bonds. The van der Waals surface area contributed by atoms with Gasteiger partial charge < -0.3 is 26.5 Å². The number of halogens is 1. The molecule has 0 radical (unpaired) electrons. The number of nitrogens with two attached hydrogens (primary N) is 2. The van der Waals surface area contributed by atoms with Crippen molar-refractivity contribution in [2.75, 3.05) is 25.5 Å². The fraction of sp³-hybridized carbons (Fsp3) is 0.474. The Balaban J connectivity index is 0.000000313. The monoisotopic (exact) mass is 377 g/mol. The summed E-state index contributed by atoms with van der Waals surface area (Å²) in [6.07, 6.45) is 4.40. The van der Waals surface area contributed by atoms with Gasteiger partial charge in [0.25, 0.3) is 5.91 Å². The lowest BCUT2D eigenvalue weighted by molar-refractivity contribution is 0.0366. The Labute approximate surface area is 158 Å². The number of carbonyl (C=O) groups is 1. The standard InChI is InChI=1S/C14H19N5O.C5H9FO/c1-8-6-18-13(16)4-11(8)10-3-12(17-7-10)14(20)19-9(2)5-15;6-5-2-1-3-7-4-5/h3-4,6-7,9,17H,5,15H2,1-2H3,(H2,16,18)(H,19,20);5H,1-4H2. The molecule has 1 fully saturated rings. The van der Waals surface area contributed by atoms with Crippen LogP contribution in [0.25, 0.3) is 11.1 Å². The number of H-pyrrole nitrogens is 1. The Bertz CT molecular complexity index is 743. The predicted molar refractivity (Wildman–Crippen MR) is 104 cm³/mol. The first kappa shape index (κ1) is 20.9. The molecule has 8 heteroatoms. The third kappa shape index (κ3) is 6.33. The fourth-order valence-corrected chi connectivity index (χ4v) is 2.59. The number of carbonyl (C=O) groups excluding carboxylic acids is 1. The minimum Gasteiger partial charge on any atom is -0.384 e. The van der Waals surface area contributed by atoms with E-state index in [0.29, 0.717) is 31.1 Å². The molecular weight excluding hydrogens is 349 g/mol. The van der Waals surface area contributed by atoms with Crippen LogP contribution in [0.2, 0.25) is 0 Å². The van der Waals surface area contributed by atoms with Crippen LogP contribution in [0.4, 0.5) is 10.2 Å². The number of aromatic amines is 1. The molecule has 1 aliphatic heterocycles. The maximum absolute atomic E-state index is 12.1. The molecule has 148 valence electrons. The predicted octanol–water partition coefficient (Wildman–Crippen LogP) is 2.18. The van der Waals surface area contributed by atoms with Gasteiger partial charge >= 0.3 is 0 Å². The summed E-state index contributed by atoms with van der Waals surface area (Å²) in [4.78, 5) is 19.0. The minimum atomic E-state index is -0.686. The highest BCUT2D eigenvalue weighted by Gasteiger charge is 2.13. The Kier molecular flexibility index (Phi) is 7.75. The summed E-state index contributed by atoms with van der Waals surface area (Å²) in [5.74, 6) is 0.281. The lowest BCUT2D eigenvalue weighted by Gasteiger charge is -2.13. The van der Waals surface area contributed by atoms with Gasteiger partial charge in [-0.15, -0.1) is 0 Å². The lowest BCUT2D eigenvalue weighted by atomic mass is 10.1. The molecule has 3 rings (SSSR count). The van der Waals surface area contributed by atoms with Crippen molar-refractivity contribution >= 4 is 11.7 Å². The summed E-state index contributed by atoms with van der Waals surface area (Å²) in [6.45, 7) is 5.28. The molecule has 6 N–H and O–H groups in total. The van der Waals surface area contributed by atoms with Crippen LogP contribution in [-0.2, 0) is 4.74 Å². The first-order chi connectivity index (χ1) is 12.9. The maximum Gasteiger partial charge on any atom is 0.267 e. The summed E-state index contributed by atoms with van der Waals surface area (Å²) < 4.78 is 16.9. The molecule has 3 heterocycles. The Morgan fingerprint density at radius 2 is 2.30 bits per heavy atom. The Hall–Kier alpha value is -2.45. The second-order valence-corrected chi connectivity index (χ2v) is 6.65. The van der Waals surface area contributed by atoms with Crippen LogP contribution in [0.3, 0.4) is 0 Å². The summed E-state index contributed by atoms with van der Waals surface area (Å²) in [6, 6.07) is 3.52. The lowest BCUT2D eigenvalue weighted by Crippen LogP contribution is -2.37. The average Bonchev–Trinajstić information content (AvgIpc) is 3.15. The van der Waals surface area contributed by atoms with Gasteiger partial charge in [0.1, 0.15) is 17.7 Å².